The van der Waals surface area contributed by atoms with Crippen molar-refractivity contribution in [1.82, 2.24) is 32.3 Å². The van der Waals surface area contributed by atoms with E-state index in [1.54, 1.807) is 0 Å². The van der Waals surface area contributed by atoms with Crippen LogP contribution in [0.25, 0.3) is 0 Å². The predicted molar refractivity (Wildman–Crippen MR) is 123 cm³/mol. The number of alkyl halides is 3. The molecule has 2 saturated heterocycles. The van der Waals surface area contributed by atoms with Crippen molar-refractivity contribution in [3.8, 4) is 0 Å². The molecule has 4 fully saturated rings. The number of carbonyl (C=O) groups excluding carboxylic acids is 2. The third kappa shape index (κ3) is 7.99. The first-order valence-corrected chi connectivity index (χ1v) is 13.3. The summed E-state index contributed by atoms with van der Waals surface area (Å²) in [7, 11) is 0. The number of nitrogens with one attached hydrogen (secondary N) is 6. The molecule has 2 aliphatic heterocycles. The topological polar surface area (TPSA) is 125 Å². The molecule has 2 saturated carbocycles. The van der Waals surface area contributed by atoms with Crippen LogP contribution in [-0.4, -0.2) is 55.9 Å². The van der Waals surface area contributed by atoms with Gasteiger partial charge in [0, 0.05) is 31.3 Å². The number of rotatable bonds is 10. The molecule has 5 atom stereocenters. The van der Waals surface area contributed by atoms with Gasteiger partial charge in [-0.1, -0.05) is 12.8 Å². The van der Waals surface area contributed by atoms with E-state index in [9.17, 15) is 22.8 Å². The average molecular weight is 521 g/mol. The maximum atomic E-state index is 12.4. The molecule has 6 N–H and O–H groups in total. The number of ether oxygens (including phenoxy) is 1. The highest BCUT2D eigenvalue weighted by Gasteiger charge is 2.40. The van der Waals surface area contributed by atoms with Gasteiger partial charge in [0.2, 0.25) is 11.8 Å². The molecule has 0 bridgehead atoms. The van der Waals surface area contributed by atoms with Crippen LogP contribution in [0.3, 0.4) is 0 Å². The van der Waals surface area contributed by atoms with E-state index in [2.05, 4.69) is 37.0 Å². The molecule has 206 valence electrons. The van der Waals surface area contributed by atoms with E-state index in [1.165, 1.54) is 0 Å². The second-order valence-electron chi connectivity index (χ2n) is 10.3. The van der Waals surface area contributed by atoms with Crippen LogP contribution in [0.2, 0.25) is 0 Å². The second-order valence-corrected chi connectivity index (χ2v) is 10.3. The number of hydrogen-bond donors (Lipinski definition) is 6. The van der Waals surface area contributed by atoms with Gasteiger partial charge in [0.15, 0.2) is 0 Å². The second kappa shape index (κ2) is 12.8. The Labute approximate surface area is 209 Å². The Bertz CT molecular complexity index is 737. The van der Waals surface area contributed by atoms with Crippen molar-refractivity contribution in [2.45, 2.75) is 102 Å². The van der Waals surface area contributed by atoms with Crippen LogP contribution in [0.15, 0.2) is 0 Å². The lowest BCUT2D eigenvalue weighted by atomic mass is 9.76. The number of halogens is 3. The van der Waals surface area contributed by atoms with Crippen LogP contribution in [0, 0.1) is 17.8 Å². The van der Waals surface area contributed by atoms with Crippen LogP contribution in [0.1, 0.15) is 70.6 Å². The number of hydrazine groups is 1. The monoisotopic (exact) mass is 520 g/mol. The summed E-state index contributed by atoms with van der Waals surface area (Å²) in [4.78, 5) is 29.8. The van der Waals surface area contributed by atoms with Gasteiger partial charge in [-0.15, -0.1) is 13.2 Å². The Morgan fingerprint density at radius 3 is 2.64 bits per heavy atom. The Kier molecular flexibility index (Phi) is 9.81. The first-order chi connectivity index (χ1) is 17.3. The van der Waals surface area contributed by atoms with Crippen molar-refractivity contribution in [2.75, 3.05) is 13.1 Å². The number of hydroxylamine groups is 1. The molecule has 36 heavy (non-hydrogen) atoms. The molecule has 13 heteroatoms. The minimum atomic E-state index is -4.58. The summed E-state index contributed by atoms with van der Waals surface area (Å²) in [5.41, 5.74) is 8.78. The summed E-state index contributed by atoms with van der Waals surface area (Å²) in [5.74, 6) is 0.572. The largest absolute Gasteiger partial charge is 0.522 e. The molecule has 0 spiro atoms. The molecule has 4 rings (SSSR count). The first kappa shape index (κ1) is 27.5. The molecule has 2 heterocycles. The summed E-state index contributed by atoms with van der Waals surface area (Å²) in [5, 5.41) is 9.67. The Morgan fingerprint density at radius 1 is 1.08 bits per heavy atom. The van der Waals surface area contributed by atoms with E-state index >= 15 is 0 Å². The number of fused-ring (bicyclic) bond motifs is 1. The van der Waals surface area contributed by atoms with Crippen molar-refractivity contribution in [1.29, 1.82) is 0 Å². The minimum Gasteiger partial charge on any atom is -0.355 e. The van der Waals surface area contributed by atoms with Gasteiger partial charge in [-0.2, -0.15) is 5.48 Å². The fourth-order valence-corrected chi connectivity index (χ4v) is 5.93. The van der Waals surface area contributed by atoms with Gasteiger partial charge in [-0.05, 0) is 57.3 Å². The normalized spacial score (nSPS) is 35.2. The highest BCUT2D eigenvalue weighted by molar-refractivity contribution is 5.79. The van der Waals surface area contributed by atoms with Crippen molar-refractivity contribution in [3.05, 3.63) is 0 Å². The average Bonchev–Trinajstić information content (AvgIpc) is 3.32. The third-order valence-electron chi connectivity index (χ3n) is 7.81. The van der Waals surface area contributed by atoms with Gasteiger partial charge in [-0.3, -0.25) is 35.2 Å². The minimum absolute atomic E-state index is 0.0168. The van der Waals surface area contributed by atoms with Crippen molar-refractivity contribution in [2.24, 2.45) is 17.8 Å². The summed E-state index contributed by atoms with van der Waals surface area (Å²) < 4.78 is 41.3. The van der Waals surface area contributed by atoms with Crippen molar-refractivity contribution < 1.29 is 32.3 Å². The van der Waals surface area contributed by atoms with Gasteiger partial charge in [0.25, 0.3) is 0 Å². The molecular formula is C23H39F3N6O4. The van der Waals surface area contributed by atoms with Crippen LogP contribution in [0.5, 0.6) is 0 Å². The van der Waals surface area contributed by atoms with Gasteiger partial charge < -0.3 is 5.32 Å². The molecule has 2 aliphatic carbocycles. The van der Waals surface area contributed by atoms with E-state index in [4.69, 9.17) is 4.84 Å². The zero-order chi connectivity index (χ0) is 25.5. The zero-order valence-electron chi connectivity index (χ0n) is 20.5. The lowest BCUT2D eigenvalue weighted by molar-refractivity contribution is -0.345. The number of amides is 2. The van der Waals surface area contributed by atoms with Gasteiger partial charge >= 0.3 is 6.36 Å². The van der Waals surface area contributed by atoms with Crippen LogP contribution in [0.4, 0.5) is 13.2 Å². The third-order valence-corrected chi connectivity index (χ3v) is 7.81. The fraction of sp³-hybridized carbons (Fsp3) is 0.913. The number of carbonyl (C=O) groups is 2. The van der Waals surface area contributed by atoms with E-state index in [0.29, 0.717) is 58.0 Å². The summed E-state index contributed by atoms with van der Waals surface area (Å²) in [6.45, 7) is 1.11. The molecular weight excluding hydrogens is 481 g/mol. The molecule has 10 nitrogen and oxygen atoms in total. The Balaban J connectivity index is 1.04. The highest BCUT2D eigenvalue weighted by atomic mass is 19.4. The van der Waals surface area contributed by atoms with E-state index in [-0.39, 0.29) is 48.1 Å². The molecule has 0 aromatic heterocycles. The van der Waals surface area contributed by atoms with Crippen LogP contribution in [-0.2, 0) is 19.2 Å². The molecule has 2 amide bonds. The van der Waals surface area contributed by atoms with E-state index < -0.39 is 12.5 Å². The van der Waals surface area contributed by atoms with Crippen molar-refractivity contribution >= 4 is 11.8 Å². The van der Waals surface area contributed by atoms with E-state index in [0.717, 1.165) is 25.7 Å². The lowest BCUT2D eigenvalue weighted by Crippen LogP contribution is -2.64. The van der Waals surface area contributed by atoms with Gasteiger partial charge in [0.05, 0.1) is 18.4 Å². The summed E-state index contributed by atoms with van der Waals surface area (Å²) >= 11 is 0. The molecule has 4 aliphatic rings. The molecule has 0 radical (unpaired) electrons. The predicted octanol–water partition coefficient (Wildman–Crippen LogP) is 1.50. The lowest BCUT2D eigenvalue weighted by Gasteiger charge is -2.41. The standard InChI is InChI=1S/C23H39F3N6O4/c24-23(25,26)35-15-10-8-14(9-11-15)20-29-19(36-32-20)7-3-6-18(33)27-12-13-28-21-16-4-1-2-5-17(16)22(34)31-30-21/h14-17,19-21,28-30,32H,1-13H2,(H,27,33)(H,31,34). The van der Waals surface area contributed by atoms with Crippen LogP contribution < -0.4 is 32.3 Å². The fourth-order valence-electron chi connectivity index (χ4n) is 5.93. The first-order valence-electron chi connectivity index (χ1n) is 13.3. The molecule has 0 aromatic rings. The summed E-state index contributed by atoms with van der Waals surface area (Å²) in [6, 6.07) is 0. The molecule has 5 unspecified atom stereocenters. The maximum absolute atomic E-state index is 12.4. The maximum Gasteiger partial charge on any atom is 0.522 e. The SMILES string of the molecule is O=C(CCCC1NC(C2CCC(OC(F)(F)F)CC2)NO1)NCCNC1NNC(=O)C2CCCCC12. The highest BCUT2D eigenvalue weighted by Crippen LogP contribution is 2.34. The Hall–Kier alpha value is -1.51. The van der Waals surface area contributed by atoms with E-state index in [1.807, 2.05) is 0 Å². The summed E-state index contributed by atoms with van der Waals surface area (Å²) in [6.07, 6.45) is 2.20. The van der Waals surface area contributed by atoms with Gasteiger partial charge in [-0.25, -0.2) is 5.43 Å². The van der Waals surface area contributed by atoms with Crippen molar-refractivity contribution in [3.63, 3.8) is 0 Å². The molecule has 0 aromatic carbocycles. The number of hydrogen-bond acceptors (Lipinski definition) is 8. The Morgan fingerprint density at radius 2 is 1.86 bits per heavy atom. The van der Waals surface area contributed by atoms with Crippen LogP contribution >= 0.6 is 0 Å². The smallest absolute Gasteiger partial charge is 0.355 e. The zero-order valence-corrected chi connectivity index (χ0v) is 20.5. The quantitative estimate of drug-likeness (QED) is 0.240. The van der Waals surface area contributed by atoms with Gasteiger partial charge in [0.1, 0.15) is 6.23 Å².